The van der Waals surface area contributed by atoms with Crippen molar-refractivity contribution in [2.75, 3.05) is 17.7 Å². The fraction of sp³-hybridized carbons (Fsp3) is 0.471. The quantitative estimate of drug-likeness (QED) is 0.844. The van der Waals surface area contributed by atoms with Gasteiger partial charge in [0.1, 0.15) is 6.61 Å². The zero-order chi connectivity index (χ0) is 15.1. The van der Waals surface area contributed by atoms with Gasteiger partial charge in [0.05, 0.1) is 5.25 Å². The topological polar surface area (TPSA) is 49.3 Å². The van der Waals surface area contributed by atoms with Crippen molar-refractivity contribution in [1.82, 2.24) is 0 Å². The summed E-state index contributed by atoms with van der Waals surface area (Å²) in [4.78, 5) is 12.3. The van der Waals surface area contributed by atoms with Gasteiger partial charge in [-0.3, -0.25) is 4.79 Å². The van der Waals surface area contributed by atoms with Crippen LogP contribution < -0.4 is 5.32 Å². The van der Waals surface area contributed by atoms with Gasteiger partial charge in [0.25, 0.3) is 0 Å². The number of aliphatic hydroxyl groups excluding tert-OH is 1. The van der Waals surface area contributed by atoms with Crippen LogP contribution in [0, 0.1) is 11.8 Å². The summed E-state index contributed by atoms with van der Waals surface area (Å²) in [5.74, 6) is 6.73. The lowest BCUT2D eigenvalue weighted by Crippen LogP contribution is -2.27. The number of carbonyl (C=O) groups excluding carboxylic acids is 1. The van der Waals surface area contributed by atoms with Crippen molar-refractivity contribution in [3.63, 3.8) is 0 Å². The summed E-state index contributed by atoms with van der Waals surface area (Å²) >= 11 is 1.76. The van der Waals surface area contributed by atoms with Gasteiger partial charge < -0.3 is 10.4 Å². The molecule has 2 rings (SSSR count). The molecule has 1 aromatic carbocycles. The molecule has 1 aliphatic heterocycles. The highest BCUT2D eigenvalue weighted by Gasteiger charge is 2.22. The molecule has 4 heteroatoms. The molecule has 1 aromatic rings. The molecule has 1 amide bonds. The van der Waals surface area contributed by atoms with Gasteiger partial charge in [0.15, 0.2) is 0 Å². The highest BCUT2D eigenvalue weighted by atomic mass is 32.2. The standard InChI is InChI=1S/C17H21NO2S/c1-2-14-12-13(6-5-10-19)8-9-15(14)18-17(20)16-7-3-4-11-21-16/h8-9,12,16,19H,2-4,7,10-11H2,1H3,(H,18,20). The zero-order valence-electron chi connectivity index (χ0n) is 12.3. The highest BCUT2D eigenvalue weighted by Crippen LogP contribution is 2.27. The van der Waals surface area contributed by atoms with Gasteiger partial charge in [-0.05, 0) is 48.8 Å². The summed E-state index contributed by atoms with van der Waals surface area (Å²) in [7, 11) is 0. The van der Waals surface area contributed by atoms with Gasteiger partial charge in [0.2, 0.25) is 5.91 Å². The number of benzene rings is 1. The van der Waals surface area contributed by atoms with Crippen LogP contribution in [-0.2, 0) is 11.2 Å². The first-order valence-electron chi connectivity index (χ1n) is 7.39. The number of hydrogen-bond donors (Lipinski definition) is 2. The van der Waals surface area contributed by atoms with Gasteiger partial charge in [-0.2, -0.15) is 0 Å². The normalized spacial score (nSPS) is 17.7. The number of rotatable bonds is 3. The minimum atomic E-state index is -0.140. The minimum Gasteiger partial charge on any atom is -0.384 e. The molecule has 0 saturated carbocycles. The molecule has 112 valence electrons. The van der Waals surface area contributed by atoms with Gasteiger partial charge in [-0.1, -0.05) is 25.2 Å². The molecule has 1 saturated heterocycles. The number of thioether (sulfide) groups is 1. The number of carbonyl (C=O) groups is 1. The first kappa shape index (κ1) is 15.9. The molecule has 2 N–H and O–H groups in total. The van der Waals surface area contributed by atoms with Crippen LogP contribution in [0.25, 0.3) is 0 Å². The van der Waals surface area contributed by atoms with E-state index in [1.54, 1.807) is 11.8 Å². The van der Waals surface area contributed by atoms with Gasteiger partial charge in [-0.15, -0.1) is 11.8 Å². The van der Waals surface area contributed by atoms with Crippen molar-refractivity contribution in [3.05, 3.63) is 29.3 Å². The van der Waals surface area contributed by atoms with Crippen molar-refractivity contribution in [3.8, 4) is 11.8 Å². The average Bonchev–Trinajstić information content (AvgIpc) is 2.54. The first-order valence-corrected chi connectivity index (χ1v) is 8.44. The van der Waals surface area contributed by atoms with E-state index in [-0.39, 0.29) is 17.8 Å². The Morgan fingerprint density at radius 1 is 1.48 bits per heavy atom. The Balaban J connectivity index is 2.09. The number of amides is 1. The van der Waals surface area contributed by atoms with E-state index in [9.17, 15) is 4.79 Å². The number of nitrogens with one attached hydrogen (secondary N) is 1. The Hall–Kier alpha value is -1.44. The maximum absolute atomic E-state index is 12.3. The molecule has 1 aliphatic rings. The Morgan fingerprint density at radius 3 is 3.00 bits per heavy atom. The summed E-state index contributed by atoms with van der Waals surface area (Å²) in [6, 6.07) is 5.77. The molecule has 1 heterocycles. The van der Waals surface area contributed by atoms with E-state index in [1.165, 1.54) is 6.42 Å². The number of aliphatic hydroxyl groups is 1. The number of anilines is 1. The Bertz CT molecular complexity index is 554. The van der Waals surface area contributed by atoms with Crippen molar-refractivity contribution in [2.24, 2.45) is 0 Å². The Morgan fingerprint density at radius 2 is 2.33 bits per heavy atom. The lowest BCUT2D eigenvalue weighted by atomic mass is 10.1. The van der Waals surface area contributed by atoms with Gasteiger partial charge in [0, 0.05) is 11.3 Å². The van der Waals surface area contributed by atoms with Crippen LogP contribution in [0.5, 0.6) is 0 Å². The van der Waals surface area contributed by atoms with E-state index in [0.29, 0.717) is 0 Å². The second-order valence-electron chi connectivity index (χ2n) is 5.03. The molecule has 0 aromatic heterocycles. The van der Waals surface area contributed by atoms with E-state index >= 15 is 0 Å². The van der Waals surface area contributed by atoms with Crippen molar-refractivity contribution in [2.45, 2.75) is 37.9 Å². The van der Waals surface area contributed by atoms with E-state index in [1.807, 2.05) is 18.2 Å². The van der Waals surface area contributed by atoms with Gasteiger partial charge >= 0.3 is 0 Å². The summed E-state index contributed by atoms with van der Waals surface area (Å²) in [6.07, 6.45) is 4.16. The second kappa shape index (κ2) is 8.11. The SMILES string of the molecule is CCc1cc(C#CCO)ccc1NC(=O)C1CCCCS1. The van der Waals surface area contributed by atoms with Crippen LogP contribution in [0.3, 0.4) is 0 Å². The van der Waals surface area contributed by atoms with E-state index in [2.05, 4.69) is 24.1 Å². The van der Waals surface area contributed by atoms with Crippen LogP contribution in [0.4, 0.5) is 5.69 Å². The molecule has 0 aliphatic carbocycles. The molecule has 21 heavy (non-hydrogen) atoms. The van der Waals surface area contributed by atoms with Crippen molar-refractivity contribution < 1.29 is 9.90 Å². The number of aryl methyl sites for hydroxylation is 1. The molecule has 1 fully saturated rings. The van der Waals surface area contributed by atoms with Crippen LogP contribution in [0.2, 0.25) is 0 Å². The van der Waals surface area contributed by atoms with Crippen LogP contribution in [-0.4, -0.2) is 28.6 Å². The van der Waals surface area contributed by atoms with Crippen LogP contribution in [0.1, 0.15) is 37.3 Å². The highest BCUT2D eigenvalue weighted by molar-refractivity contribution is 8.00. The first-order chi connectivity index (χ1) is 10.2. The van der Waals surface area contributed by atoms with Crippen LogP contribution >= 0.6 is 11.8 Å². The smallest absolute Gasteiger partial charge is 0.237 e. The third-order valence-electron chi connectivity index (χ3n) is 3.53. The maximum atomic E-state index is 12.3. The summed E-state index contributed by atoms with van der Waals surface area (Å²) in [5.41, 5.74) is 2.82. The second-order valence-corrected chi connectivity index (χ2v) is 6.34. The lowest BCUT2D eigenvalue weighted by molar-refractivity contribution is -0.115. The molecule has 0 spiro atoms. The van der Waals surface area contributed by atoms with Gasteiger partial charge in [-0.25, -0.2) is 0 Å². The Labute approximate surface area is 130 Å². The third-order valence-corrected chi connectivity index (χ3v) is 4.90. The predicted octanol–water partition coefficient (Wildman–Crippen LogP) is 2.82. The van der Waals surface area contributed by atoms with Crippen LogP contribution in [0.15, 0.2) is 18.2 Å². The molecule has 0 bridgehead atoms. The molecular weight excluding hydrogens is 282 g/mol. The van der Waals surface area contributed by atoms with Crippen molar-refractivity contribution >= 4 is 23.4 Å². The van der Waals surface area contributed by atoms with E-state index < -0.39 is 0 Å². The zero-order valence-corrected chi connectivity index (χ0v) is 13.1. The largest absolute Gasteiger partial charge is 0.384 e. The average molecular weight is 303 g/mol. The van der Waals surface area contributed by atoms with E-state index in [4.69, 9.17) is 5.11 Å². The molecule has 1 unspecified atom stereocenters. The third kappa shape index (κ3) is 4.52. The Kier molecular flexibility index (Phi) is 6.16. The molecule has 1 atom stereocenters. The predicted molar refractivity (Wildman–Crippen MR) is 88.5 cm³/mol. The molecule has 3 nitrogen and oxygen atoms in total. The fourth-order valence-corrected chi connectivity index (χ4v) is 3.59. The summed E-state index contributed by atoms with van der Waals surface area (Å²) < 4.78 is 0. The minimum absolute atomic E-state index is 0.0808. The lowest BCUT2D eigenvalue weighted by Gasteiger charge is -2.21. The fourth-order valence-electron chi connectivity index (χ4n) is 2.39. The maximum Gasteiger partial charge on any atom is 0.237 e. The molecule has 0 radical (unpaired) electrons. The number of hydrogen-bond acceptors (Lipinski definition) is 3. The summed E-state index contributed by atoms with van der Waals surface area (Å²) in [6.45, 7) is 1.92. The van der Waals surface area contributed by atoms with E-state index in [0.717, 1.165) is 41.8 Å². The monoisotopic (exact) mass is 303 g/mol. The van der Waals surface area contributed by atoms with Crippen molar-refractivity contribution in [1.29, 1.82) is 0 Å². The summed E-state index contributed by atoms with van der Waals surface area (Å²) in [5, 5.41) is 11.9. The molecular formula is C17H21NO2S.